The van der Waals surface area contributed by atoms with E-state index in [9.17, 15) is 9.59 Å². The second-order valence-corrected chi connectivity index (χ2v) is 6.23. The highest BCUT2D eigenvalue weighted by atomic mass is 16.5. The zero-order chi connectivity index (χ0) is 20.4. The van der Waals surface area contributed by atoms with Crippen LogP contribution in [-0.2, 0) is 16.1 Å². The fourth-order valence-electron chi connectivity index (χ4n) is 2.62. The Kier molecular flexibility index (Phi) is 8.30. The number of nitrogens with two attached hydrogens (primary N) is 1. The Morgan fingerprint density at radius 3 is 2.46 bits per heavy atom. The Labute approximate surface area is 165 Å². The monoisotopic (exact) mass is 385 g/mol. The first-order chi connectivity index (χ1) is 13.5. The number of amides is 2. The summed E-state index contributed by atoms with van der Waals surface area (Å²) >= 11 is 0. The number of carbonyl (C=O) groups excluding carboxylic acids is 2. The van der Waals surface area contributed by atoms with Gasteiger partial charge in [-0.3, -0.25) is 9.59 Å². The van der Waals surface area contributed by atoms with Crippen molar-refractivity contribution < 1.29 is 19.1 Å². The summed E-state index contributed by atoms with van der Waals surface area (Å²) in [5.41, 5.74) is 7.85. The molecule has 0 saturated heterocycles. The average Bonchev–Trinajstić information content (AvgIpc) is 2.71. The lowest BCUT2D eigenvalue weighted by atomic mass is 10.0. The van der Waals surface area contributed by atoms with Gasteiger partial charge < -0.3 is 25.8 Å². The molecule has 0 fully saturated rings. The Morgan fingerprint density at radius 1 is 1.04 bits per heavy atom. The molecule has 2 rings (SSSR count). The van der Waals surface area contributed by atoms with Crippen LogP contribution in [0.2, 0.25) is 0 Å². The predicted octanol–water partition coefficient (Wildman–Crippen LogP) is 1.92. The summed E-state index contributed by atoms with van der Waals surface area (Å²) < 4.78 is 10.8. The number of methoxy groups -OCH3 is 1. The molecule has 0 bridgehead atoms. The molecule has 0 saturated carbocycles. The van der Waals surface area contributed by atoms with Gasteiger partial charge in [0.05, 0.1) is 7.11 Å². The van der Waals surface area contributed by atoms with Crippen molar-refractivity contribution in [3.63, 3.8) is 0 Å². The van der Waals surface area contributed by atoms with Crippen LogP contribution in [0.15, 0.2) is 48.5 Å². The van der Waals surface area contributed by atoms with Crippen LogP contribution in [0.25, 0.3) is 0 Å². The maximum absolute atomic E-state index is 12.2. The molecule has 0 aliphatic heterocycles. The highest BCUT2D eigenvalue weighted by Crippen LogP contribution is 2.28. The third-order valence-corrected chi connectivity index (χ3v) is 4.08. The summed E-state index contributed by atoms with van der Waals surface area (Å²) in [6, 6.07) is 14.5. The minimum atomic E-state index is -0.347. The van der Waals surface area contributed by atoms with Crippen LogP contribution in [0.1, 0.15) is 30.5 Å². The van der Waals surface area contributed by atoms with Gasteiger partial charge in [-0.05, 0) is 30.2 Å². The lowest BCUT2D eigenvalue weighted by Gasteiger charge is -2.14. The predicted molar refractivity (Wildman–Crippen MR) is 107 cm³/mol. The first-order valence-corrected chi connectivity index (χ1v) is 9.17. The molecule has 0 aliphatic carbocycles. The molecule has 150 valence electrons. The Balaban J connectivity index is 1.88. The van der Waals surface area contributed by atoms with Crippen molar-refractivity contribution in [3.8, 4) is 11.5 Å². The van der Waals surface area contributed by atoms with E-state index in [1.807, 2.05) is 43.3 Å². The molecule has 0 heterocycles. The van der Waals surface area contributed by atoms with Crippen LogP contribution in [0.5, 0.6) is 11.5 Å². The van der Waals surface area contributed by atoms with Crippen LogP contribution in [0, 0.1) is 0 Å². The molecule has 2 aromatic rings. The molecule has 2 amide bonds. The zero-order valence-corrected chi connectivity index (χ0v) is 16.2. The molecule has 7 nitrogen and oxygen atoms in total. The molecule has 0 aromatic heterocycles. The van der Waals surface area contributed by atoms with Crippen molar-refractivity contribution in [2.24, 2.45) is 5.73 Å². The van der Waals surface area contributed by atoms with Gasteiger partial charge in [-0.15, -0.1) is 0 Å². The van der Waals surface area contributed by atoms with E-state index in [0.717, 1.165) is 11.1 Å². The molecule has 4 N–H and O–H groups in total. The van der Waals surface area contributed by atoms with E-state index in [0.29, 0.717) is 24.6 Å². The molecule has 1 unspecified atom stereocenters. The van der Waals surface area contributed by atoms with Crippen molar-refractivity contribution in [2.75, 3.05) is 20.3 Å². The lowest BCUT2D eigenvalue weighted by molar-refractivity contribution is -0.123. The molecule has 7 heteroatoms. The minimum absolute atomic E-state index is 0.0857. The number of hydrogen-bond acceptors (Lipinski definition) is 5. The van der Waals surface area contributed by atoms with Crippen molar-refractivity contribution in [2.45, 2.75) is 25.9 Å². The van der Waals surface area contributed by atoms with Crippen LogP contribution in [0.3, 0.4) is 0 Å². The van der Waals surface area contributed by atoms with Crippen LogP contribution < -0.4 is 25.8 Å². The van der Waals surface area contributed by atoms with Crippen LogP contribution in [-0.4, -0.2) is 32.1 Å². The topological polar surface area (TPSA) is 103 Å². The van der Waals surface area contributed by atoms with E-state index < -0.39 is 0 Å². The standard InChI is InChI=1S/C21H27N3O4/c1-3-23-21(26)14-28-18-10-9-15(11-19(18)27-2)13-24-20(25)12-17(22)16-7-5-4-6-8-16/h4-11,17H,3,12-14,22H2,1-2H3,(H,23,26)(H,24,25). The number of benzene rings is 2. The van der Waals surface area contributed by atoms with E-state index in [1.165, 1.54) is 7.11 Å². The largest absolute Gasteiger partial charge is 0.493 e. The third kappa shape index (κ3) is 6.59. The smallest absolute Gasteiger partial charge is 0.257 e. The Morgan fingerprint density at radius 2 is 1.79 bits per heavy atom. The molecule has 0 aliphatic rings. The second kappa shape index (κ2) is 10.9. The maximum Gasteiger partial charge on any atom is 0.257 e. The summed E-state index contributed by atoms with van der Waals surface area (Å²) in [4.78, 5) is 23.7. The molecule has 0 spiro atoms. The van der Waals surface area contributed by atoms with Gasteiger partial charge in [0.2, 0.25) is 5.91 Å². The van der Waals surface area contributed by atoms with Crippen molar-refractivity contribution in [1.29, 1.82) is 0 Å². The van der Waals surface area contributed by atoms with Crippen LogP contribution >= 0.6 is 0 Å². The normalized spacial score (nSPS) is 11.4. The maximum atomic E-state index is 12.2. The van der Waals surface area contributed by atoms with E-state index >= 15 is 0 Å². The fourth-order valence-corrected chi connectivity index (χ4v) is 2.62. The SMILES string of the molecule is CCNC(=O)COc1ccc(CNC(=O)CC(N)c2ccccc2)cc1OC. The van der Waals surface area contributed by atoms with E-state index in [-0.39, 0.29) is 30.9 Å². The van der Waals surface area contributed by atoms with Gasteiger partial charge >= 0.3 is 0 Å². The summed E-state index contributed by atoms with van der Waals surface area (Å²) in [5, 5.41) is 5.52. The summed E-state index contributed by atoms with van der Waals surface area (Å²) in [6.07, 6.45) is 0.203. The number of hydrogen-bond donors (Lipinski definition) is 3. The van der Waals surface area contributed by atoms with Gasteiger partial charge in [-0.25, -0.2) is 0 Å². The van der Waals surface area contributed by atoms with Gasteiger partial charge in [0.25, 0.3) is 5.91 Å². The van der Waals surface area contributed by atoms with Gasteiger partial charge in [-0.2, -0.15) is 0 Å². The zero-order valence-electron chi connectivity index (χ0n) is 16.2. The van der Waals surface area contributed by atoms with Crippen LogP contribution in [0.4, 0.5) is 0 Å². The quantitative estimate of drug-likeness (QED) is 0.580. The highest BCUT2D eigenvalue weighted by Gasteiger charge is 2.12. The lowest BCUT2D eigenvalue weighted by Crippen LogP contribution is -2.28. The van der Waals surface area contributed by atoms with Crippen molar-refractivity contribution >= 4 is 11.8 Å². The fraction of sp³-hybridized carbons (Fsp3) is 0.333. The van der Waals surface area contributed by atoms with E-state index in [1.54, 1.807) is 12.1 Å². The Bertz CT molecular complexity index is 780. The van der Waals surface area contributed by atoms with E-state index in [4.69, 9.17) is 15.2 Å². The number of carbonyl (C=O) groups is 2. The molecule has 28 heavy (non-hydrogen) atoms. The first-order valence-electron chi connectivity index (χ1n) is 9.17. The van der Waals surface area contributed by atoms with E-state index in [2.05, 4.69) is 10.6 Å². The van der Waals surface area contributed by atoms with Gasteiger partial charge in [0, 0.05) is 25.6 Å². The summed E-state index contributed by atoms with van der Waals surface area (Å²) in [5.74, 6) is 0.634. The highest BCUT2D eigenvalue weighted by molar-refractivity contribution is 5.77. The first kappa shape index (κ1) is 21.2. The molecular formula is C21H27N3O4. The molecule has 1 atom stereocenters. The summed E-state index contributed by atoms with van der Waals surface area (Å²) in [6.45, 7) is 2.64. The average molecular weight is 385 g/mol. The molecule has 0 radical (unpaired) electrons. The van der Waals surface area contributed by atoms with Gasteiger partial charge in [0.15, 0.2) is 18.1 Å². The third-order valence-electron chi connectivity index (χ3n) is 4.08. The Hall–Kier alpha value is -3.06. The number of likely N-dealkylation sites (N-methyl/N-ethyl adjacent to an activating group) is 1. The summed E-state index contributed by atoms with van der Waals surface area (Å²) in [7, 11) is 1.52. The second-order valence-electron chi connectivity index (χ2n) is 6.23. The van der Waals surface area contributed by atoms with Crippen molar-refractivity contribution in [3.05, 3.63) is 59.7 Å². The molecule has 2 aromatic carbocycles. The number of ether oxygens (including phenoxy) is 2. The number of rotatable bonds is 10. The molecular weight excluding hydrogens is 358 g/mol. The van der Waals surface area contributed by atoms with Gasteiger partial charge in [0.1, 0.15) is 0 Å². The minimum Gasteiger partial charge on any atom is -0.493 e. The number of nitrogens with one attached hydrogen (secondary N) is 2. The van der Waals surface area contributed by atoms with Gasteiger partial charge in [-0.1, -0.05) is 36.4 Å². The van der Waals surface area contributed by atoms with Crippen molar-refractivity contribution in [1.82, 2.24) is 10.6 Å².